The second-order valence-corrected chi connectivity index (χ2v) is 9.34. The maximum atomic E-state index is 14.8. The largest absolute Gasteiger partial charge is 0.497 e. The zero-order valence-electron chi connectivity index (χ0n) is 16.6. The standard InChI is InChI=1S/C19H29BFNO4/c1-16(2,3)11-19(22,15(23)24)12-8-9-13(14(21)10-12)20-25-17(4,5)18(6,7)26-20/h8-10H,11,22H2,1-7H3,(H,23,24)/t19-/m1/s1. The molecule has 1 aromatic carbocycles. The highest BCUT2D eigenvalue weighted by atomic mass is 19.1. The van der Waals surface area contributed by atoms with Crippen molar-refractivity contribution < 1.29 is 23.6 Å². The molecule has 2 rings (SSSR count). The van der Waals surface area contributed by atoms with E-state index in [0.717, 1.165) is 0 Å². The first-order valence-electron chi connectivity index (χ1n) is 8.77. The van der Waals surface area contributed by atoms with Crippen LogP contribution in [0.4, 0.5) is 4.39 Å². The molecule has 7 heteroatoms. The first-order valence-corrected chi connectivity index (χ1v) is 8.77. The Balaban J connectivity index is 2.39. The Morgan fingerprint density at radius 1 is 1.19 bits per heavy atom. The van der Waals surface area contributed by atoms with Gasteiger partial charge in [0.2, 0.25) is 0 Å². The van der Waals surface area contributed by atoms with E-state index in [2.05, 4.69) is 0 Å². The number of aliphatic carboxylic acids is 1. The van der Waals surface area contributed by atoms with Crippen LogP contribution in [-0.4, -0.2) is 29.4 Å². The van der Waals surface area contributed by atoms with Gasteiger partial charge in [0.15, 0.2) is 0 Å². The van der Waals surface area contributed by atoms with E-state index in [1.165, 1.54) is 12.1 Å². The van der Waals surface area contributed by atoms with Crippen LogP contribution in [0.15, 0.2) is 18.2 Å². The molecule has 0 unspecified atom stereocenters. The third kappa shape index (κ3) is 3.80. The molecule has 0 spiro atoms. The predicted molar refractivity (Wildman–Crippen MR) is 99.7 cm³/mol. The Bertz CT molecular complexity index is 698. The van der Waals surface area contributed by atoms with Gasteiger partial charge in [0.05, 0.1) is 11.2 Å². The Hall–Kier alpha value is -1.44. The lowest BCUT2D eigenvalue weighted by Gasteiger charge is -2.32. The number of carbonyl (C=O) groups is 1. The summed E-state index contributed by atoms with van der Waals surface area (Å²) in [6.07, 6.45) is 0.171. The van der Waals surface area contributed by atoms with E-state index in [0.29, 0.717) is 0 Å². The normalized spacial score (nSPS) is 21.5. The quantitative estimate of drug-likeness (QED) is 0.802. The molecule has 144 valence electrons. The molecule has 0 amide bonds. The average Bonchev–Trinajstić information content (AvgIpc) is 2.64. The molecule has 3 N–H and O–H groups in total. The van der Waals surface area contributed by atoms with Crippen LogP contribution in [0.1, 0.15) is 60.5 Å². The molecule has 1 aliphatic heterocycles. The van der Waals surface area contributed by atoms with Gasteiger partial charge in [-0.2, -0.15) is 0 Å². The predicted octanol–water partition coefficient (Wildman–Crippen LogP) is 2.80. The number of hydrogen-bond donors (Lipinski definition) is 2. The van der Waals surface area contributed by atoms with Crippen molar-refractivity contribution in [3.63, 3.8) is 0 Å². The van der Waals surface area contributed by atoms with Gasteiger partial charge < -0.3 is 20.1 Å². The van der Waals surface area contributed by atoms with Crippen molar-refractivity contribution in [2.45, 2.75) is 71.6 Å². The fourth-order valence-electron chi connectivity index (χ4n) is 3.10. The molecule has 1 fully saturated rings. The summed E-state index contributed by atoms with van der Waals surface area (Å²) in [4.78, 5) is 11.8. The molecule has 1 atom stereocenters. The van der Waals surface area contributed by atoms with Crippen LogP contribution in [0.3, 0.4) is 0 Å². The first-order chi connectivity index (χ1) is 11.6. The molecule has 0 radical (unpaired) electrons. The van der Waals surface area contributed by atoms with Crippen LogP contribution in [0.2, 0.25) is 0 Å². The lowest BCUT2D eigenvalue weighted by molar-refractivity contribution is -0.145. The molecule has 0 bridgehead atoms. The average molecular weight is 365 g/mol. The topological polar surface area (TPSA) is 81.8 Å². The lowest BCUT2D eigenvalue weighted by Crippen LogP contribution is -2.48. The number of rotatable bonds is 4. The highest BCUT2D eigenvalue weighted by Gasteiger charge is 2.52. The first kappa shape index (κ1) is 20.9. The monoisotopic (exact) mass is 365 g/mol. The van der Waals surface area contributed by atoms with E-state index >= 15 is 0 Å². The van der Waals surface area contributed by atoms with E-state index in [1.807, 2.05) is 48.5 Å². The fourth-order valence-corrected chi connectivity index (χ4v) is 3.10. The maximum Gasteiger partial charge on any atom is 0.497 e. The van der Waals surface area contributed by atoms with Gasteiger partial charge in [0, 0.05) is 5.46 Å². The van der Waals surface area contributed by atoms with Crippen molar-refractivity contribution in [2.24, 2.45) is 11.1 Å². The zero-order valence-corrected chi connectivity index (χ0v) is 16.6. The summed E-state index contributed by atoms with van der Waals surface area (Å²) in [5.41, 5.74) is 3.44. The molecule has 1 aromatic rings. The molecule has 1 heterocycles. The summed E-state index contributed by atoms with van der Waals surface area (Å²) in [6, 6.07) is 4.23. The van der Waals surface area contributed by atoms with E-state index in [1.54, 1.807) is 6.07 Å². The van der Waals surface area contributed by atoms with Crippen LogP contribution < -0.4 is 11.2 Å². The lowest BCUT2D eigenvalue weighted by atomic mass is 9.73. The van der Waals surface area contributed by atoms with Crippen molar-refractivity contribution in [3.05, 3.63) is 29.6 Å². The number of nitrogens with two attached hydrogens (primary N) is 1. The van der Waals surface area contributed by atoms with E-state index in [9.17, 15) is 14.3 Å². The third-order valence-corrected chi connectivity index (χ3v) is 5.21. The molecule has 26 heavy (non-hydrogen) atoms. The SMILES string of the molecule is CC(C)(C)C[C@](N)(C(=O)O)c1ccc(B2OC(C)(C)C(C)(C)O2)c(F)c1. The van der Waals surface area contributed by atoms with E-state index in [-0.39, 0.29) is 22.9 Å². The fraction of sp³-hybridized carbons (Fsp3) is 0.632. The molecular weight excluding hydrogens is 336 g/mol. The van der Waals surface area contributed by atoms with Gasteiger partial charge in [0.1, 0.15) is 11.4 Å². The summed E-state index contributed by atoms with van der Waals surface area (Å²) in [7, 11) is -0.853. The van der Waals surface area contributed by atoms with Gasteiger partial charge >= 0.3 is 13.1 Å². The van der Waals surface area contributed by atoms with Crippen LogP contribution in [0, 0.1) is 11.2 Å². The van der Waals surface area contributed by atoms with Crippen LogP contribution in [0.5, 0.6) is 0 Å². The van der Waals surface area contributed by atoms with Crippen molar-refractivity contribution >= 4 is 18.6 Å². The van der Waals surface area contributed by atoms with Crippen molar-refractivity contribution in [1.82, 2.24) is 0 Å². The smallest absolute Gasteiger partial charge is 0.480 e. The summed E-state index contributed by atoms with van der Waals surface area (Å²) >= 11 is 0. The second kappa shape index (κ2) is 6.32. The second-order valence-electron chi connectivity index (χ2n) is 9.34. The Labute approximate surface area is 155 Å². The number of hydrogen-bond acceptors (Lipinski definition) is 4. The van der Waals surface area contributed by atoms with Gasteiger partial charge in [-0.3, -0.25) is 0 Å². The van der Waals surface area contributed by atoms with Gasteiger partial charge in [-0.05, 0) is 51.2 Å². The Kier molecular flexibility index (Phi) is 5.08. The molecular formula is C19H29BFNO4. The van der Waals surface area contributed by atoms with Crippen molar-refractivity contribution in [1.29, 1.82) is 0 Å². The van der Waals surface area contributed by atoms with Crippen LogP contribution in [0.25, 0.3) is 0 Å². The maximum absolute atomic E-state index is 14.8. The van der Waals surface area contributed by atoms with Gasteiger partial charge in [0.25, 0.3) is 0 Å². The molecule has 1 aliphatic rings. The summed E-state index contributed by atoms with van der Waals surface area (Å²) < 4.78 is 26.6. The summed E-state index contributed by atoms with van der Waals surface area (Å²) in [6.45, 7) is 13.2. The molecule has 0 aliphatic carbocycles. The minimum absolute atomic E-state index is 0.171. The minimum atomic E-state index is -1.67. The molecule has 1 saturated heterocycles. The van der Waals surface area contributed by atoms with E-state index < -0.39 is 35.6 Å². The van der Waals surface area contributed by atoms with Crippen LogP contribution in [-0.2, 0) is 19.6 Å². The highest BCUT2D eigenvalue weighted by Crippen LogP contribution is 2.37. The molecule has 0 aromatic heterocycles. The third-order valence-electron chi connectivity index (χ3n) is 5.21. The van der Waals surface area contributed by atoms with Crippen molar-refractivity contribution in [3.8, 4) is 0 Å². The number of benzene rings is 1. The Morgan fingerprint density at radius 2 is 1.69 bits per heavy atom. The highest BCUT2D eigenvalue weighted by molar-refractivity contribution is 6.62. The van der Waals surface area contributed by atoms with Gasteiger partial charge in [-0.25, -0.2) is 9.18 Å². The van der Waals surface area contributed by atoms with E-state index in [4.69, 9.17) is 15.0 Å². The molecule has 5 nitrogen and oxygen atoms in total. The number of carboxylic acid groups (broad SMARTS) is 1. The summed E-state index contributed by atoms with van der Waals surface area (Å²) in [5, 5.41) is 9.66. The zero-order chi connectivity index (χ0) is 20.1. The molecule has 0 saturated carbocycles. The number of carboxylic acids is 1. The minimum Gasteiger partial charge on any atom is -0.480 e. The van der Waals surface area contributed by atoms with Crippen LogP contribution >= 0.6 is 0 Å². The number of halogens is 1. The van der Waals surface area contributed by atoms with Gasteiger partial charge in [-0.1, -0.05) is 32.9 Å². The van der Waals surface area contributed by atoms with Crippen molar-refractivity contribution in [2.75, 3.05) is 0 Å². The summed E-state index contributed by atoms with van der Waals surface area (Å²) in [5.74, 6) is -1.78. The van der Waals surface area contributed by atoms with Gasteiger partial charge in [-0.15, -0.1) is 0 Å². The Morgan fingerprint density at radius 3 is 2.08 bits per heavy atom.